The number of rotatable bonds is 5. The molecule has 4 aromatic rings. The molecule has 31 heavy (non-hydrogen) atoms. The number of pyridine rings is 2. The number of imidazole rings is 1. The summed E-state index contributed by atoms with van der Waals surface area (Å²) in [5.41, 5.74) is 4.43. The first kappa shape index (κ1) is 19.2. The minimum atomic E-state index is 0.231. The van der Waals surface area contributed by atoms with Gasteiger partial charge in [-0.05, 0) is 32.8 Å². The van der Waals surface area contributed by atoms with Gasteiger partial charge < -0.3 is 5.32 Å². The Labute approximate surface area is 179 Å². The lowest BCUT2D eigenvalue weighted by Gasteiger charge is -2.15. The van der Waals surface area contributed by atoms with Crippen LogP contribution in [-0.2, 0) is 0 Å². The van der Waals surface area contributed by atoms with Gasteiger partial charge in [-0.25, -0.2) is 19.6 Å². The second-order valence-electron chi connectivity index (χ2n) is 8.20. The summed E-state index contributed by atoms with van der Waals surface area (Å²) in [5.74, 6) is 0.690. The topological polar surface area (TPSA) is 110 Å². The molecule has 0 aromatic carbocycles. The van der Waals surface area contributed by atoms with Gasteiger partial charge >= 0.3 is 0 Å². The highest BCUT2D eigenvalue weighted by Crippen LogP contribution is 2.32. The molecule has 5 rings (SSSR count). The van der Waals surface area contributed by atoms with Crippen LogP contribution >= 0.6 is 0 Å². The van der Waals surface area contributed by atoms with Crippen molar-refractivity contribution in [1.82, 2.24) is 34.5 Å². The molecule has 0 spiro atoms. The van der Waals surface area contributed by atoms with Crippen LogP contribution in [-0.4, -0.2) is 40.6 Å². The fraction of sp³-hybridized carbons (Fsp3) is 0.364. The lowest BCUT2D eigenvalue weighted by molar-refractivity contribution is 0.454. The van der Waals surface area contributed by atoms with Crippen LogP contribution in [0.3, 0.4) is 0 Å². The smallest absolute Gasteiger partial charge is 0.165 e. The predicted molar refractivity (Wildman–Crippen MR) is 117 cm³/mol. The van der Waals surface area contributed by atoms with Gasteiger partial charge in [-0.2, -0.15) is 5.26 Å². The number of aromatic nitrogens is 7. The van der Waals surface area contributed by atoms with E-state index in [9.17, 15) is 0 Å². The van der Waals surface area contributed by atoms with Crippen LogP contribution in [0.25, 0.3) is 28.2 Å². The third kappa shape index (κ3) is 3.61. The summed E-state index contributed by atoms with van der Waals surface area (Å²) in [5, 5.41) is 21.4. The summed E-state index contributed by atoms with van der Waals surface area (Å²) in [6.07, 6.45) is 11.9. The lowest BCUT2D eigenvalue weighted by Crippen LogP contribution is -2.12. The van der Waals surface area contributed by atoms with E-state index in [0.717, 1.165) is 29.8 Å². The largest absolute Gasteiger partial charge is 0.382 e. The molecule has 0 unspecified atom stereocenters. The van der Waals surface area contributed by atoms with Crippen molar-refractivity contribution >= 4 is 16.9 Å². The maximum absolute atomic E-state index is 9.09. The monoisotopic (exact) mass is 413 g/mol. The van der Waals surface area contributed by atoms with Crippen molar-refractivity contribution in [3.63, 3.8) is 0 Å². The Morgan fingerprint density at radius 1 is 1.13 bits per heavy atom. The molecule has 1 aliphatic carbocycles. The van der Waals surface area contributed by atoms with Crippen molar-refractivity contribution in [2.24, 2.45) is 0 Å². The van der Waals surface area contributed by atoms with Gasteiger partial charge in [0.05, 0.1) is 17.8 Å². The minimum Gasteiger partial charge on any atom is -0.382 e. The van der Waals surface area contributed by atoms with Gasteiger partial charge in [-0.15, -0.1) is 5.10 Å². The Balaban J connectivity index is 1.55. The van der Waals surface area contributed by atoms with E-state index in [-0.39, 0.29) is 6.04 Å². The summed E-state index contributed by atoms with van der Waals surface area (Å²) < 4.78 is 3.82. The van der Waals surface area contributed by atoms with E-state index < -0.39 is 0 Å². The van der Waals surface area contributed by atoms with E-state index in [2.05, 4.69) is 50.5 Å². The van der Waals surface area contributed by atoms with Crippen LogP contribution in [0.2, 0.25) is 0 Å². The van der Waals surface area contributed by atoms with Crippen LogP contribution in [0.15, 0.2) is 37.1 Å². The van der Waals surface area contributed by atoms with Crippen molar-refractivity contribution in [2.75, 3.05) is 5.32 Å². The van der Waals surface area contributed by atoms with Gasteiger partial charge in [0, 0.05) is 35.8 Å². The number of hydrogen-bond acceptors (Lipinski definition) is 7. The highest BCUT2D eigenvalue weighted by molar-refractivity contribution is 5.78. The van der Waals surface area contributed by atoms with Crippen LogP contribution in [0.1, 0.15) is 51.1 Å². The molecule has 4 heterocycles. The molecule has 0 bridgehead atoms. The van der Waals surface area contributed by atoms with Gasteiger partial charge in [-0.1, -0.05) is 18.1 Å². The number of fused-ring (bicyclic) bond motifs is 1. The molecule has 4 aromatic heterocycles. The van der Waals surface area contributed by atoms with Gasteiger partial charge in [-0.3, -0.25) is 4.57 Å². The van der Waals surface area contributed by atoms with E-state index in [1.807, 2.05) is 27.7 Å². The highest BCUT2D eigenvalue weighted by atomic mass is 15.4. The second-order valence-corrected chi connectivity index (χ2v) is 8.20. The molecule has 0 aliphatic heterocycles. The standard InChI is InChI=1S/C22H23N9/c1-14(2)27-18-8-21(30-13-26-19-7-15(9-23)10-25-22(19)30)24-11-17(18)20-12-31(29-28-20)16-5-3-4-6-16/h7-8,10-14,16H,3-6H2,1-2H3,(H,24,27). The third-order valence-electron chi connectivity index (χ3n) is 5.58. The molecule has 9 nitrogen and oxygen atoms in total. The van der Waals surface area contributed by atoms with Gasteiger partial charge in [0.1, 0.15) is 29.4 Å². The number of nitriles is 1. The normalized spacial score (nSPS) is 14.4. The molecule has 1 N–H and O–H groups in total. The summed E-state index contributed by atoms with van der Waals surface area (Å²) in [7, 11) is 0. The molecular weight excluding hydrogens is 390 g/mol. The number of anilines is 1. The number of nitrogens with one attached hydrogen (secondary N) is 1. The summed E-state index contributed by atoms with van der Waals surface area (Å²) in [4.78, 5) is 13.5. The highest BCUT2D eigenvalue weighted by Gasteiger charge is 2.20. The molecule has 1 saturated carbocycles. The quantitative estimate of drug-likeness (QED) is 0.528. The van der Waals surface area contributed by atoms with Gasteiger partial charge in [0.25, 0.3) is 0 Å². The first-order valence-corrected chi connectivity index (χ1v) is 10.5. The molecule has 0 radical (unpaired) electrons. The molecule has 1 aliphatic rings. The maximum Gasteiger partial charge on any atom is 0.165 e. The SMILES string of the molecule is CC(C)Nc1cc(-n2cnc3cc(C#N)cnc32)ncc1-c1cn(C2CCCC2)nn1. The van der Waals surface area contributed by atoms with E-state index in [1.165, 1.54) is 12.8 Å². The number of nitrogens with zero attached hydrogens (tertiary/aromatic N) is 8. The van der Waals surface area contributed by atoms with Crippen molar-refractivity contribution in [2.45, 2.75) is 51.6 Å². The first-order chi connectivity index (χ1) is 15.1. The molecule has 0 atom stereocenters. The second kappa shape index (κ2) is 7.80. The van der Waals surface area contributed by atoms with E-state index >= 15 is 0 Å². The Morgan fingerprint density at radius 2 is 1.97 bits per heavy atom. The van der Waals surface area contributed by atoms with Gasteiger partial charge in [0.15, 0.2) is 5.65 Å². The van der Waals surface area contributed by atoms with Crippen LogP contribution in [0.5, 0.6) is 0 Å². The number of hydrogen-bond donors (Lipinski definition) is 1. The van der Waals surface area contributed by atoms with Crippen LogP contribution in [0, 0.1) is 11.3 Å². The zero-order chi connectivity index (χ0) is 21.4. The Hall–Kier alpha value is -3.80. The van der Waals surface area contributed by atoms with Crippen molar-refractivity contribution < 1.29 is 0 Å². The van der Waals surface area contributed by atoms with E-state index in [0.29, 0.717) is 28.6 Å². The minimum absolute atomic E-state index is 0.231. The first-order valence-electron chi connectivity index (χ1n) is 10.5. The Morgan fingerprint density at radius 3 is 2.74 bits per heavy atom. The molecular formula is C22H23N9. The zero-order valence-corrected chi connectivity index (χ0v) is 17.5. The molecule has 1 fully saturated rings. The average Bonchev–Trinajstić information content (AvgIpc) is 3.52. The van der Waals surface area contributed by atoms with E-state index in [1.54, 1.807) is 18.6 Å². The summed E-state index contributed by atoms with van der Waals surface area (Å²) in [6, 6.07) is 6.47. The Kier molecular flexibility index (Phi) is 4.82. The summed E-state index contributed by atoms with van der Waals surface area (Å²) in [6.45, 7) is 4.19. The fourth-order valence-corrected chi connectivity index (χ4v) is 4.09. The third-order valence-corrected chi connectivity index (χ3v) is 5.58. The molecule has 9 heteroatoms. The summed E-state index contributed by atoms with van der Waals surface area (Å²) >= 11 is 0. The van der Waals surface area contributed by atoms with Crippen LogP contribution < -0.4 is 5.32 Å². The zero-order valence-electron chi connectivity index (χ0n) is 17.5. The molecule has 0 saturated heterocycles. The van der Waals surface area contributed by atoms with Gasteiger partial charge in [0.2, 0.25) is 0 Å². The Bertz CT molecular complexity index is 1270. The van der Waals surface area contributed by atoms with Crippen molar-refractivity contribution in [3.05, 3.63) is 42.6 Å². The van der Waals surface area contributed by atoms with Crippen molar-refractivity contribution in [3.8, 4) is 23.1 Å². The predicted octanol–water partition coefficient (Wildman–Crippen LogP) is 3.88. The van der Waals surface area contributed by atoms with Crippen molar-refractivity contribution in [1.29, 1.82) is 5.26 Å². The molecule has 0 amide bonds. The average molecular weight is 413 g/mol. The fourth-order valence-electron chi connectivity index (χ4n) is 4.09. The van der Waals surface area contributed by atoms with Crippen LogP contribution in [0.4, 0.5) is 5.69 Å². The molecule has 156 valence electrons. The maximum atomic E-state index is 9.09. The lowest BCUT2D eigenvalue weighted by atomic mass is 10.1. The van der Waals surface area contributed by atoms with E-state index in [4.69, 9.17) is 5.26 Å².